The maximum Gasteiger partial charge on any atom is 1.00 e. The third-order valence-electron chi connectivity index (χ3n) is 4.38. The van der Waals surface area contributed by atoms with Crippen LogP contribution in [0.1, 0.15) is 79.6 Å². The summed E-state index contributed by atoms with van der Waals surface area (Å²) in [5.41, 5.74) is -0.648. The summed E-state index contributed by atoms with van der Waals surface area (Å²) in [4.78, 5) is 11.6. The van der Waals surface area contributed by atoms with Crippen LogP contribution in [0.4, 0.5) is 0 Å². The summed E-state index contributed by atoms with van der Waals surface area (Å²) in [6.45, 7) is 10.2. The van der Waals surface area contributed by atoms with Gasteiger partial charge in [0, 0.05) is 11.4 Å². The van der Waals surface area contributed by atoms with Crippen LogP contribution >= 0.6 is 0 Å². The van der Waals surface area contributed by atoms with E-state index in [1.54, 1.807) is 0 Å². The normalized spacial score (nSPS) is 11.7. The van der Waals surface area contributed by atoms with Crippen LogP contribution in [-0.2, 0) is 4.79 Å². The first kappa shape index (κ1) is 21.4. The van der Waals surface area contributed by atoms with Gasteiger partial charge in [0.1, 0.15) is 0 Å². The molecule has 0 aliphatic heterocycles. The van der Waals surface area contributed by atoms with Crippen LogP contribution in [0.15, 0.2) is 0 Å². The Morgan fingerprint density at radius 1 is 0.947 bits per heavy atom. The van der Waals surface area contributed by atoms with Gasteiger partial charge in [-0.3, -0.25) is 0 Å². The van der Waals surface area contributed by atoms with E-state index >= 15 is 0 Å². The summed E-state index contributed by atoms with van der Waals surface area (Å²) in [7, 11) is 0. The Hall–Kier alpha value is 0.0674. The number of carboxylic acids is 1. The van der Waals surface area contributed by atoms with Gasteiger partial charge in [0.05, 0.1) is 0 Å². The van der Waals surface area contributed by atoms with Crippen LogP contribution in [-0.4, -0.2) is 5.97 Å². The average molecular weight is 262 g/mol. The van der Waals surface area contributed by atoms with Gasteiger partial charge in [0.15, 0.2) is 0 Å². The predicted octanol–water partition coefficient (Wildman–Crippen LogP) is 0.789. The zero-order valence-corrected chi connectivity index (χ0v) is 13.9. The van der Waals surface area contributed by atoms with Crippen LogP contribution in [0.2, 0.25) is 0 Å². The fourth-order valence-electron chi connectivity index (χ4n) is 3.02. The van der Waals surface area contributed by atoms with Gasteiger partial charge in [-0.25, -0.2) is 0 Å². The van der Waals surface area contributed by atoms with Gasteiger partial charge in [0.25, 0.3) is 0 Å². The van der Waals surface area contributed by atoms with E-state index < -0.39 is 11.4 Å². The minimum atomic E-state index is -0.860. The van der Waals surface area contributed by atoms with Crippen molar-refractivity contribution >= 4 is 5.97 Å². The third-order valence-corrected chi connectivity index (χ3v) is 4.38. The molecule has 0 aliphatic carbocycles. The number of hydrogen-bond acceptors (Lipinski definition) is 2. The van der Waals surface area contributed by atoms with Crippen molar-refractivity contribution in [3.63, 3.8) is 0 Å². The molecule has 0 rings (SSSR count). The first-order valence-corrected chi connectivity index (χ1v) is 7.61. The van der Waals surface area contributed by atoms with Crippen molar-refractivity contribution in [2.24, 2.45) is 17.3 Å². The van der Waals surface area contributed by atoms with Crippen LogP contribution < -0.4 is 24.0 Å². The molecule has 0 unspecified atom stereocenters. The van der Waals surface area contributed by atoms with Crippen molar-refractivity contribution in [1.82, 2.24) is 0 Å². The minimum absolute atomic E-state index is 0. The maximum absolute atomic E-state index is 11.6. The van der Waals surface area contributed by atoms with Crippen LogP contribution in [0.3, 0.4) is 0 Å². The van der Waals surface area contributed by atoms with E-state index in [4.69, 9.17) is 0 Å². The molecule has 0 aromatic heterocycles. The molecule has 0 amide bonds. The van der Waals surface area contributed by atoms with Gasteiger partial charge in [-0.05, 0) is 18.3 Å². The summed E-state index contributed by atoms with van der Waals surface area (Å²) in [6, 6.07) is 0. The second-order valence-electron chi connectivity index (χ2n) is 6.15. The molecule has 3 heteroatoms. The van der Waals surface area contributed by atoms with E-state index in [1.165, 1.54) is 25.7 Å². The molecular formula is C16H31LiO2. The average Bonchev–Trinajstić information content (AvgIpc) is 2.26. The zero-order chi connectivity index (χ0) is 14.2. The molecule has 0 spiro atoms. The molecular weight excluding hydrogens is 231 g/mol. The fraction of sp³-hybridized carbons (Fsp3) is 0.938. The maximum atomic E-state index is 11.6. The van der Waals surface area contributed by atoms with E-state index in [1.807, 2.05) is 27.7 Å². The van der Waals surface area contributed by atoms with Crippen molar-refractivity contribution in [3.05, 3.63) is 0 Å². The molecule has 0 atom stereocenters. The molecule has 0 saturated heterocycles. The van der Waals surface area contributed by atoms with E-state index in [2.05, 4.69) is 6.92 Å². The van der Waals surface area contributed by atoms with Crippen molar-refractivity contribution in [2.45, 2.75) is 79.6 Å². The van der Waals surface area contributed by atoms with Crippen LogP contribution in [0.5, 0.6) is 0 Å². The van der Waals surface area contributed by atoms with Crippen molar-refractivity contribution < 1.29 is 28.8 Å². The summed E-state index contributed by atoms with van der Waals surface area (Å²) in [6.07, 6.45) is 7.96. The minimum Gasteiger partial charge on any atom is -0.550 e. The Kier molecular flexibility index (Phi) is 12.2. The van der Waals surface area contributed by atoms with Gasteiger partial charge in [-0.2, -0.15) is 0 Å². The number of carbonyl (C=O) groups is 1. The Bertz CT molecular complexity index is 229. The Morgan fingerprint density at radius 2 is 1.37 bits per heavy atom. The molecule has 0 heterocycles. The largest absolute Gasteiger partial charge is 1.00 e. The number of carbonyl (C=O) groups excluding carboxylic acids is 1. The van der Waals surface area contributed by atoms with Crippen LogP contribution in [0, 0.1) is 17.3 Å². The predicted molar refractivity (Wildman–Crippen MR) is 75.1 cm³/mol. The van der Waals surface area contributed by atoms with Crippen molar-refractivity contribution in [2.75, 3.05) is 0 Å². The van der Waals surface area contributed by atoms with E-state index in [-0.39, 0.29) is 30.7 Å². The van der Waals surface area contributed by atoms with Gasteiger partial charge >= 0.3 is 18.9 Å². The number of aliphatic carboxylic acids is 1. The SMILES string of the molecule is CCCCCCCCC(C(=O)[O-])(C(C)C)C(C)C.[Li+]. The van der Waals surface area contributed by atoms with Gasteiger partial charge in [0.2, 0.25) is 0 Å². The topological polar surface area (TPSA) is 40.1 Å². The monoisotopic (exact) mass is 262 g/mol. The Labute approximate surface area is 131 Å². The Morgan fingerprint density at radius 3 is 1.74 bits per heavy atom. The zero-order valence-electron chi connectivity index (χ0n) is 13.9. The molecule has 0 aromatic rings. The number of hydrogen-bond donors (Lipinski definition) is 0. The molecule has 0 aliphatic rings. The smallest absolute Gasteiger partial charge is 0.550 e. The fourth-order valence-corrected chi connectivity index (χ4v) is 3.02. The second kappa shape index (κ2) is 10.8. The van der Waals surface area contributed by atoms with E-state index in [0.29, 0.717) is 0 Å². The quantitative estimate of drug-likeness (QED) is 0.431. The summed E-state index contributed by atoms with van der Waals surface area (Å²) in [5.74, 6) is -0.586. The molecule has 0 fully saturated rings. The number of rotatable bonds is 10. The van der Waals surface area contributed by atoms with E-state index in [9.17, 15) is 9.90 Å². The van der Waals surface area contributed by atoms with Crippen molar-refractivity contribution in [3.8, 4) is 0 Å². The summed E-state index contributed by atoms with van der Waals surface area (Å²) < 4.78 is 0. The summed E-state index contributed by atoms with van der Waals surface area (Å²) in [5, 5.41) is 11.6. The summed E-state index contributed by atoms with van der Waals surface area (Å²) >= 11 is 0. The molecule has 0 aromatic carbocycles. The molecule has 108 valence electrons. The number of carboxylic acid groups (broad SMARTS) is 1. The molecule has 2 nitrogen and oxygen atoms in total. The van der Waals surface area contributed by atoms with Gasteiger partial charge in [-0.1, -0.05) is 73.1 Å². The molecule has 19 heavy (non-hydrogen) atoms. The van der Waals surface area contributed by atoms with Gasteiger partial charge < -0.3 is 9.90 Å². The first-order chi connectivity index (χ1) is 8.39. The molecule has 0 saturated carbocycles. The molecule has 0 N–H and O–H groups in total. The first-order valence-electron chi connectivity index (χ1n) is 7.61. The molecule has 0 bridgehead atoms. The second-order valence-corrected chi connectivity index (χ2v) is 6.15. The van der Waals surface area contributed by atoms with Gasteiger partial charge in [-0.15, -0.1) is 0 Å². The van der Waals surface area contributed by atoms with E-state index in [0.717, 1.165) is 19.3 Å². The number of unbranched alkanes of at least 4 members (excludes halogenated alkanes) is 5. The Balaban J connectivity index is 0. The third kappa shape index (κ3) is 6.37. The van der Waals surface area contributed by atoms with Crippen LogP contribution in [0.25, 0.3) is 0 Å². The molecule has 0 radical (unpaired) electrons. The standard InChI is InChI=1S/C16H32O2.Li/c1-6-7-8-9-10-11-12-16(13(2)3,14(4)5)15(17)18;/h13-14H,6-12H2,1-5H3,(H,17,18);/q;+1/p-1. The van der Waals surface area contributed by atoms with Crippen molar-refractivity contribution in [1.29, 1.82) is 0 Å².